The third kappa shape index (κ3) is 7.22. The Morgan fingerprint density at radius 1 is 1.27 bits per heavy atom. The molecule has 1 saturated carbocycles. The monoisotopic (exact) mass is 683 g/mol. The minimum absolute atomic E-state index is 0.102. The standard InChI is InChI=1S/C23H35ClN7O11PS/c1-4-15(32)29-44(3,39)30-21(35)23(11-40-2,43(36,37)38)41-10-14-16(33)17(34)20(42-14)31-19-13(9-25-31)18(27-22(24)28-19)26-12-7-5-6-8-12/h9,12,14,16-17,20,33-34H,4-8,10-11H2,1-3H3,(H,26,27,28)(H2,36,37,38)(H,29,30,32,35,39)/t14-,16-,17-,20-,23+,44?/m1/s1. The molecule has 18 nitrogen and oxygen atoms in total. The number of hydrogen-bond acceptors (Lipinski definition) is 13. The molecule has 1 aliphatic heterocycles. The largest absolute Gasteiger partial charge is 0.387 e. The predicted octanol–water partition coefficient (Wildman–Crippen LogP) is 0.0560. The number of aliphatic hydroxyl groups is 2. The number of ether oxygens (including phenoxy) is 3. The van der Waals surface area contributed by atoms with E-state index in [1.165, 1.54) is 17.8 Å². The molecule has 2 amide bonds. The molecule has 2 fully saturated rings. The lowest BCUT2D eigenvalue weighted by atomic mass is 10.1. The van der Waals surface area contributed by atoms with E-state index in [4.69, 9.17) is 25.8 Å². The number of aliphatic hydroxyl groups excluding tert-OH is 2. The minimum atomic E-state index is -5.60. The van der Waals surface area contributed by atoms with Crippen LogP contribution in [0.4, 0.5) is 5.82 Å². The zero-order chi connectivity index (χ0) is 32.4. The Bertz CT molecular complexity index is 1560. The quantitative estimate of drug-likeness (QED) is 0.128. The van der Waals surface area contributed by atoms with E-state index in [2.05, 4.69) is 24.7 Å². The first-order valence-electron chi connectivity index (χ1n) is 13.6. The second-order valence-electron chi connectivity index (χ2n) is 10.5. The van der Waals surface area contributed by atoms with Gasteiger partial charge in [-0.2, -0.15) is 15.1 Å². The van der Waals surface area contributed by atoms with Gasteiger partial charge in [-0.1, -0.05) is 19.8 Å². The first-order valence-corrected chi connectivity index (χ1v) is 17.5. The van der Waals surface area contributed by atoms with Gasteiger partial charge in [0.1, 0.15) is 34.0 Å². The molecule has 0 radical (unpaired) electrons. The fourth-order valence-electron chi connectivity index (χ4n) is 4.94. The van der Waals surface area contributed by atoms with Crippen LogP contribution in [0.3, 0.4) is 0 Å². The lowest BCUT2D eigenvalue weighted by Crippen LogP contribution is -2.48. The molecule has 1 saturated heterocycles. The van der Waals surface area contributed by atoms with Gasteiger partial charge in [-0.3, -0.25) is 18.9 Å². The first-order chi connectivity index (χ1) is 20.6. The molecule has 21 heteroatoms. The number of anilines is 1. The van der Waals surface area contributed by atoms with Crippen LogP contribution in [-0.2, 0) is 38.3 Å². The van der Waals surface area contributed by atoms with Gasteiger partial charge < -0.3 is 39.5 Å². The maximum absolute atomic E-state index is 13.1. The highest BCUT2D eigenvalue weighted by atomic mass is 35.5. The van der Waals surface area contributed by atoms with Crippen molar-refractivity contribution in [1.29, 1.82) is 0 Å². The van der Waals surface area contributed by atoms with E-state index in [0.29, 0.717) is 11.2 Å². The Kier molecular flexibility index (Phi) is 10.7. The summed E-state index contributed by atoms with van der Waals surface area (Å²) in [6, 6.07) is 0.184. The highest BCUT2D eigenvalue weighted by Crippen LogP contribution is 2.53. The summed E-state index contributed by atoms with van der Waals surface area (Å²) in [6.45, 7) is -0.475. The fourth-order valence-corrected chi connectivity index (χ4v) is 7.08. The van der Waals surface area contributed by atoms with Gasteiger partial charge in [0.25, 0.3) is 5.34 Å². The molecule has 6 atom stereocenters. The summed E-state index contributed by atoms with van der Waals surface area (Å²) in [4.78, 5) is 53.6. The zero-order valence-corrected chi connectivity index (χ0v) is 26.5. The Labute approximate surface area is 257 Å². The average Bonchev–Trinajstić information content (AvgIpc) is 3.66. The number of carbonyl (C=O) groups is 2. The van der Waals surface area contributed by atoms with Crippen LogP contribution in [0.25, 0.3) is 11.0 Å². The number of carbonyl (C=O) groups excluding carboxylic acids is 2. The summed E-state index contributed by atoms with van der Waals surface area (Å²) >= 11 is 6.18. The lowest BCUT2D eigenvalue weighted by Gasteiger charge is -2.31. The van der Waals surface area contributed by atoms with Crippen LogP contribution in [0.1, 0.15) is 45.3 Å². The second-order valence-corrected chi connectivity index (χ2v) is 14.6. The van der Waals surface area contributed by atoms with Crippen molar-refractivity contribution in [2.24, 2.45) is 4.36 Å². The fraction of sp³-hybridized carbons (Fsp3) is 0.696. The minimum Gasteiger partial charge on any atom is -0.387 e. The molecule has 4 rings (SSSR count). The van der Waals surface area contributed by atoms with Crippen molar-refractivity contribution >= 4 is 57.8 Å². The van der Waals surface area contributed by atoms with E-state index in [1.807, 2.05) is 4.72 Å². The maximum atomic E-state index is 13.1. The molecular weight excluding hydrogens is 649 g/mol. The number of aromatic nitrogens is 4. The Hall–Kier alpha value is -2.32. The third-order valence-corrected chi connectivity index (χ3v) is 9.89. The Balaban J connectivity index is 1.60. The second kappa shape index (κ2) is 13.6. The van der Waals surface area contributed by atoms with Crippen LogP contribution in [0.2, 0.25) is 5.28 Å². The van der Waals surface area contributed by atoms with Gasteiger partial charge in [0.15, 0.2) is 11.9 Å². The molecule has 44 heavy (non-hydrogen) atoms. The van der Waals surface area contributed by atoms with E-state index < -0.39 is 72.4 Å². The molecular formula is C23H35ClN7O11PS. The van der Waals surface area contributed by atoms with Gasteiger partial charge in [-0.15, -0.1) is 4.36 Å². The number of amides is 2. The van der Waals surface area contributed by atoms with E-state index in [0.717, 1.165) is 39.0 Å². The average molecular weight is 684 g/mol. The van der Waals surface area contributed by atoms with E-state index >= 15 is 0 Å². The molecule has 246 valence electrons. The molecule has 2 aliphatic rings. The van der Waals surface area contributed by atoms with Gasteiger partial charge >= 0.3 is 13.5 Å². The lowest BCUT2D eigenvalue weighted by molar-refractivity contribution is -0.149. The van der Waals surface area contributed by atoms with Crippen molar-refractivity contribution in [3.8, 4) is 0 Å². The number of nitrogens with one attached hydrogen (secondary N) is 2. The summed E-state index contributed by atoms with van der Waals surface area (Å²) in [5.74, 6) is -1.99. The van der Waals surface area contributed by atoms with Crippen molar-refractivity contribution in [3.05, 3.63) is 11.5 Å². The van der Waals surface area contributed by atoms with Crippen LogP contribution in [0.5, 0.6) is 0 Å². The molecule has 0 aromatic carbocycles. The Morgan fingerprint density at radius 3 is 2.57 bits per heavy atom. The zero-order valence-electron chi connectivity index (χ0n) is 24.0. The van der Waals surface area contributed by atoms with Crippen LogP contribution in [0.15, 0.2) is 10.6 Å². The number of halogens is 1. The number of methoxy groups -OCH3 is 1. The van der Waals surface area contributed by atoms with Crippen LogP contribution < -0.4 is 10.0 Å². The molecule has 1 unspecified atom stereocenters. The van der Waals surface area contributed by atoms with Crippen molar-refractivity contribution in [2.45, 2.75) is 75.0 Å². The summed E-state index contributed by atoms with van der Waals surface area (Å²) in [7, 11) is -8.38. The third-order valence-electron chi connectivity index (χ3n) is 7.21. The summed E-state index contributed by atoms with van der Waals surface area (Å²) in [5.41, 5.74) is 0.174. The van der Waals surface area contributed by atoms with Crippen molar-refractivity contribution < 1.29 is 52.6 Å². The van der Waals surface area contributed by atoms with Crippen molar-refractivity contribution in [1.82, 2.24) is 24.5 Å². The molecule has 1 aliphatic carbocycles. The highest BCUT2D eigenvalue weighted by molar-refractivity contribution is 7.91. The normalized spacial score (nSPS) is 25.5. The summed E-state index contributed by atoms with van der Waals surface area (Å²) in [6.07, 6.45) is 0.0944. The predicted molar refractivity (Wildman–Crippen MR) is 155 cm³/mol. The topological polar surface area (TPSA) is 257 Å². The van der Waals surface area contributed by atoms with Crippen molar-refractivity contribution in [3.63, 3.8) is 0 Å². The number of fused-ring (bicyclic) bond motifs is 1. The van der Waals surface area contributed by atoms with Crippen LogP contribution in [0, 0.1) is 0 Å². The molecule has 3 heterocycles. The van der Waals surface area contributed by atoms with Gasteiger partial charge in [0, 0.05) is 25.8 Å². The van der Waals surface area contributed by atoms with Gasteiger partial charge in [-0.25, -0.2) is 8.89 Å². The number of nitrogens with zero attached hydrogens (tertiary/aromatic N) is 5. The van der Waals surface area contributed by atoms with Gasteiger partial charge in [0.05, 0.1) is 24.8 Å². The maximum Gasteiger partial charge on any atom is 0.369 e. The van der Waals surface area contributed by atoms with Crippen LogP contribution in [-0.4, -0.2) is 112 Å². The number of rotatable bonds is 12. The Morgan fingerprint density at radius 2 is 1.95 bits per heavy atom. The van der Waals surface area contributed by atoms with Gasteiger partial charge in [0.2, 0.25) is 11.2 Å². The van der Waals surface area contributed by atoms with Gasteiger partial charge in [-0.05, 0) is 24.4 Å². The first kappa shape index (κ1) is 34.6. The van der Waals surface area contributed by atoms with Crippen molar-refractivity contribution in [2.75, 3.05) is 31.9 Å². The molecule has 0 spiro atoms. The SMILES string of the molecule is CCC(=O)NS(C)(=O)=NC(=O)[C@@](COC)(OC[C@H]1O[C@@H](n2ncc3c(NC4CCCC4)nc(Cl)nc32)[C@H](O)[C@@H]1O)P(=O)(O)O. The molecule has 0 bridgehead atoms. The molecule has 2 aromatic heterocycles. The van der Waals surface area contributed by atoms with E-state index in [9.17, 15) is 38.4 Å². The smallest absolute Gasteiger partial charge is 0.369 e. The number of hydrogen-bond donors (Lipinski definition) is 6. The van der Waals surface area contributed by atoms with E-state index in [1.54, 1.807) is 0 Å². The molecule has 6 N–H and O–H groups in total. The summed E-state index contributed by atoms with van der Waals surface area (Å²) in [5, 5.41) is 26.5. The summed E-state index contributed by atoms with van der Waals surface area (Å²) < 4.78 is 47.9. The van der Waals surface area contributed by atoms with E-state index in [-0.39, 0.29) is 23.4 Å². The van der Waals surface area contributed by atoms with Crippen LogP contribution >= 0.6 is 19.2 Å². The highest BCUT2D eigenvalue weighted by Gasteiger charge is 2.57. The molecule has 2 aromatic rings.